The van der Waals surface area contributed by atoms with Crippen molar-refractivity contribution in [2.45, 2.75) is 32.4 Å². The molecule has 1 saturated carbocycles. The molecule has 2 N–H and O–H groups in total. The first kappa shape index (κ1) is 12.4. The molecule has 0 radical (unpaired) electrons. The predicted octanol–water partition coefficient (Wildman–Crippen LogP) is 2.02. The molecule has 0 spiro atoms. The molecule has 0 heterocycles. The third-order valence-corrected chi connectivity index (χ3v) is 3.20. The lowest BCUT2D eigenvalue weighted by atomic mass is 10.1. The molecule has 0 bridgehead atoms. The number of hydrogen-bond donors (Lipinski definition) is 2. The van der Waals surface area contributed by atoms with E-state index in [-0.39, 0.29) is 5.91 Å². The summed E-state index contributed by atoms with van der Waals surface area (Å²) in [4.78, 5) is 11.4. The molecule has 0 aliphatic heterocycles. The number of aryl methyl sites for hydroxylation is 1. The zero-order valence-electron chi connectivity index (χ0n) is 9.92. The highest BCUT2D eigenvalue weighted by molar-refractivity contribution is 6.31. The lowest BCUT2D eigenvalue weighted by molar-refractivity contribution is -0.120. The number of carbonyl (C=O) groups excluding carboxylic acids is 1. The van der Waals surface area contributed by atoms with Crippen molar-refractivity contribution in [2.75, 3.05) is 6.54 Å². The summed E-state index contributed by atoms with van der Waals surface area (Å²) in [6, 6.07) is 6.37. The van der Waals surface area contributed by atoms with Gasteiger partial charge in [0.15, 0.2) is 0 Å². The molecule has 1 amide bonds. The summed E-state index contributed by atoms with van der Waals surface area (Å²) in [5.41, 5.74) is 2.17. The van der Waals surface area contributed by atoms with Gasteiger partial charge in [-0.3, -0.25) is 4.79 Å². The first-order valence-electron chi connectivity index (χ1n) is 5.90. The number of amides is 1. The van der Waals surface area contributed by atoms with Crippen LogP contribution in [0.15, 0.2) is 18.2 Å². The van der Waals surface area contributed by atoms with Crippen molar-refractivity contribution < 1.29 is 4.79 Å². The Morgan fingerprint density at radius 3 is 2.88 bits per heavy atom. The van der Waals surface area contributed by atoms with Crippen molar-refractivity contribution in [2.24, 2.45) is 0 Å². The molecule has 2 rings (SSSR count). The largest absolute Gasteiger partial charge is 0.352 e. The molecule has 3 nitrogen and oxygen atoms in total. The second-order valence-corrected chi connectivity index (χ2v) is 4.94. The molecule has 1 aliphatic rings. The summed E-state index contributed by atoms with van der Waals surface area (Å²) in [5.74, 6) is 0.0747. The van der Waals surface area contributed by atoms with E-state index in [0.29, 0.717) is 19.1 Å². The molecular formula is C13H17ClN2O. The van der Waals surface area contributed by atoms with Crippen LogP contribution >= 0.6 is 11.6 Å². The molecule has 0 atom stereocenters. The number of carbonyl (C=O) groups is 1. The number of halogens is 1. The summed E-state index contributed by atoms with van der Waals surface area (Å²) < 4.78 is 0. The second kappa shape index (κ2) is 5.52. The van der Waals surface area contributed by atoms with Gasteiger partial charge < -0.3 is 10.6 Å². The SMILES string of the molecule is Cc1ccc(CNCC(=O)NC2CC2)cc1Cl. The van der Waals surface area contributed by atoms with Crippen LogP contribution in [0.1, 0.15) is 24.0 Å². The zero-order valence-corrected chi connectivity index (χ0v) is 10.7. The molecule has 1 aromatic rings. The molecule has 1 aliphatic carbocycles. The fraction of sp³-hybridized carbons (Fsp3) is 0.462. The van der Waals surface area contributed by atoms with Crippen LogP contribution in [0.25, 0.3) is 0 Å². The fourth-order valence-corrected chi connectivity index (χ4v) is 1.78. The van der Waals surface area contributed by atoms with Crippen molar-refractivity contribution in [3.8, 4) is 0 Å². The Bertz CT molecular complexity index is 416. The second-order valence-electron chi connectivity index (χ2n) is 4.53. The average Bonchev–Trinajstić information content (AvgIpc) is 3.07. The van der Waals surface area contributed by atoms with E-state index in [4.69, 9.17) is 11.6 Å². The molecule has 17 heavy (non-hydrogen) atoms. The van der Waals surface area contributed by atoms with Crippen molar-refractivity contribution in [3.05, 3.63) is 34.3 Å². The zero-order chi connectivity index (χ0) is 12.3. The van der Waals surface area contributed by atoms with Gasteiger partial charge >= 0.3 is 0 Å². The van der Waals surface area contributed by atoms with Crippen LogP contribution < -0.4 is 10.6 Å². The van der Waals surface area contributed by atoms with E-state index in [1.165, 1.54) is 0 Å². The van der Waals surface area contributed by atoms with Gasteiger partial charge in [0.1, 0.15) is 0 Å². The van der Waals surface area contributed by atoms with Crippen molar-refractivity contribution >= 4 is 17.5 Å². The smallest absolute Gasteiger partial charge is 0.234 e. The molecule has 1 aromatic carbocycles. The maximum atomic E-state index is 11.4. The standard InChI is InChI=1S/C13H17ClN2O/c1-9-2-3-10(6-12(9)14)7-15-8-13(17)16-11-4-5-11/h2-3,6,11,15H,4-5,7-8H2,1H3,(H,16,17). The van der Waals surface area contributed by atoms with Crippen molar-refractivity contribution in [1.29, 1.82) is 0 Å². The van der Waals surface area contributed by atoms with Crippen LogP contribution in [0.4, 0.5) is 0 Å². The molecule has 1 fully saturated rings. The van der Waals surface area contributed by atoms with Gasteiger partial charge in [-0.1, -0.05) is 23.7 Å². The van der Waals surface area contributed by atoms with E-state index < -0.39 is 0 Å². The Balaban J connectivity index is 1.73. The van der Waals surface area contributed by atoms with Crippen LogP contribution in [-0.4, -0.2) is 18.5 Å². The van der Waals surface area contributed by atoms with Gasteiger partial charge in [0.05, 0.1) is 6.54 Å². The van der Waals surface area contributed by atoms with E-state index >= 15 is 0 Å². The van der Waals surface area contributed by atoms with Crippen LogP contribution in [0.3, 0.4) is 0 Å². The third kappa shape index (κ3) is 4.02. The van der Waals surface area contributed by atoms with E-state index in [0.717, 1.165) is 29.0 Å². The Labute approximate surface area is 107 Å². The van der Waals surface area contributed by atoms with Crippen LogP contribution in [0, 0.1) is 6.92 Å². The molecule has 92 valence electrons. The van der Waals surface area contributed by atoms with Gasteiger partial charge in [-0.2, -0.15) is 0 Å². The minimum absolute atomic E-state index is 0.0747. The maximum Gasteiger partial charge on any atom is 0.234 e. The normalized spacial score (nSPS) is 14.7. The van der Waals surface area contributed by atoms with E-state index in [1.54, 1.807) is 0 Å². The van der Waals surface area contributed by atoms with E-state index in [9.17, 15) is 4.79 Å². The minimum Gasteiger partial charge on any atom is -0.352 e. The quantitative estimate of drug-likeness (QED) is 0.842. The number of benzene rings is 1. The van der Waals surface area contributed by atoms with Gasteiger partial charge in [0.2, 0.25) is 5.91 Å². The van der Waals surface area contributed by atoms with Crippen LogP contribution in [0.2, 0.25) is 5.02 Å². The van der Waals surface area contributed by atoms with Gasteiger partial charge in [-0.25, -0.2) is 0 Å². The Morgan fingerprint density at radius 2 is 2.24 bits per heavy atom. The van der Waals surface area contributed by atoms with Gasteiger partial charge in [0.25, 0.3) is 0 Å². The lowest BCUT2D eigenvalue weighted by Gasteiger charge is -2.07. The van der Waals surface area contributed by atoms with Gasteiger partial charge in [-0.05, 0) is 37.0 Å². The van der Waals surface area contributed by atoms with Crippen molar-refractivity contribution in [3.63, 3.8) is 0 Å². The van der Waals surface area contributed by atoms with Crippen LogP contribution in [0.5, 0.6) is 0 Å². The Hall–Kier alpha value is -1.06. The molecular weight excluding hydrogens is 236 g/mol. The summed E-state index contributed by atoms with van der Waals surface area (Å²) in [5, 5.41) is 6.81. The Morgan fingerprint density at radius 1 is 1.47 bits per heavy atom. The van der Waals surface area contributed by atoms with Crippen LogP contribution in [-0.2, 0) is 11.3 Å². The topological polar surface area (TPSA) is 41.1 Å². The minimum atomic E-state index is 0.0747. The highest BCUT2D eigenvalue weighted by Gasteiger charge is 2.22. The third-order valence-electron chi connectivity index (χ3n) is 2.79. The molecule has 0 unspecified atom stereocenters. The summed E-state index contributed by atoms with van der Waals surface area (Å²) >= 11 is 6.03. The number of rotatable bonds is 5. The highest BCUT2D eigenvalue weighted by Crippen LogP contribution is 2.18. The summed E-state index contributed by atoms with van der Waals surface area (Å²) in [7, 11) is 0. The van der Waals surface area contributed by atoms with Crippen molar-refractivity contribution in [1.82, 2.24) is 10.6 Å². The molecule has 0 aromatic heterocycles. The fourth-order valence-electron chi connectivity index (χ4n) is 1.57. The highest BCUT2D eigenvalue weighted by atomic mass is 35.5. The predicted molar refractivity (Wildman–Crippen MR) is 69.1 cm³/mol. The first-order chi connectivity index (χ1) is 8.15. The maximum absolute atomic E-state index is 11.4. The van der Waals surface area contributed by atoms with E-state index in [2.05, 4.69) is 10.6 Å². The monoisotopic (exact) mass is 252 g/mol. The van der Waals surface area contributed by atoms with E-state index in [1.807, 2.05) is 25.1 Å². The molecule has 0 saturated heterocycles. The molecule has 4 heteroatoms. The first-order valence-corrected chi connectivity index (χ1v) is 6.28. The van der Waals surface area contributed by atoms with Gasteiger partial charge in [-0.15, -0.1) is 0 Å². The summed E-state index contributed by atoms with van der Waals surface area (Å²) in [6.07, 6.45) is 2.25. The number of nitrogens with one attached hydrogen (secondary N) is 2. The summed E-state index contributed by atoms with van der Waals surface area (Å²) in [6.45, 7) is 3.00. The average molecular weight is 253 g/mol. The Kier molecular flexibility index (Phi) is 4.02. The lowest BCUT2D eigenvalue weighted by Crippen LogP contribution is -2.34. The number of hydrogen-bond acceptors (Lipinski definition) is 2. The van der Waals surface area contributed by atoms with Gasteiger partial charge in [0, 0.05) is 17.6 Å².